The summed E-state index contributed by atoms with van der Waals surface area (Å²) in [6, 6.07) is 21.4. The summed E-state index contributed by atoms with van der Waals surface area (Å²) in [6.07, 6.45) is 5.69. The molecule has 2 fully saturated rings. The van der Waals surface area contributed by atoms with Gasteiger partial charge in [-0.05, 0) is 98.3 Å². The van der Waals surface area contributed by atoms with E-state index in [0.717, 1.165) is 71.2 Å². The minimum atomic E-state index is -0.0664. The first kappa shape index (κ1) is 24.9. The lowest BCUT2D eigenvalue weighted by Crippen LogP contribution is -2.41. The van der Waals surface area contributed by atoms with Crippen LogP contribution in [0.1, 0.15) is 57.7 Å². The van der Waals surface area contributed by atoms with Crippen LogP contribution in [0.15, 0.2) is 54.6 Å². The monoisotopic (exact) mass is 508 g/mol. The van der Waals surface area contributed by atoms with Crippen molar-refractivity contribution in [2.45, 2.75) is 58.2 Å². The van der Waals surface area contributed by atoms with Crippen LogP contribution in [0.2, 0.25) is 0 Å². The smallest absolute Gasteiger partial charge is 0.150 e. The van der Waals surface area contributed by atoms with E-state index in [9.17, 15) is 5.26 Å². The van der Waals surface area contributed by atoms with E-state index >= 15 is 0 Å². The van der Waals surface area contributed by atoms with Crippen LogP contribution in [-0.4, -0.2) is 47.0 Å². The second-order valence-electron chi connectivity index (χ2n) is 11.0. The zero-order valence-electron chi connectivity index (χ0n) is 22.4. The van der Waals surface area contributed by atoms with Gasteiger partial charge in [-0.25, -0.2) is 4.68 Å². The van der Waals surface area contributed by atoms with Crippen molar-refractivity contribution in [2.75, 3.05) is 26.3 Å². The molecule has 0 amide bonds. The van der Waals surface area contributed by atoms with Crippen LogP contribution in [0.25, 0.3) is 32.9 Å². The molecule has 1 aromatic heterocycles. The number of hydrogen-bond acceptors (Lipinski definition) is 5. The predicted molar refractivity (Wildman–Crippen MR) is 151 cm³/mol. The number of hydrogen-bond donors (Lipinski definition) is 0. The molecule has 2 aliphatic heterocycles. The number of aromatic nitrogens is 2. The van der Waals surface area contributed by atoms with Gasteiger partial charge >= 0.3 is 0 Å². The Kier molecular flexibility index (Phi) is 7.06. The van der Waals surface area contributed by atoms with Gasteiger partial charge in [0.2, 0.25) is 0 Å². The van der Waals surface area contributed by atoms with E-state index in [2.05, 4.69) is 61.2 Å². The van der Waals surface area contributed by atoms with Gasteiger partial charge in [-0.2, -0.15) is 10.4 Å². The van der Waals surface area contributed by atoms with Crippen LogP contribution in [-0.2, 0) is 4.74 Å². The first-order chi connectivity index (χ1) is 18.6. The molecule has 0 radical (unpaired) electrons. The fraction of sp³-hybridized carbons (Fsp3) is 0.438. The van der Waals surface area contributed by atoms with Crippen LogP contribution in [0, 0.1) is 17.2 Å². The zero-order valence-corrected chi connectivity index (χ0v) is 22.4. The summed E-state index contributed by atoms with van der Waals surface area (Å²) in [5, 5.41) is 17.8. The average molecular weight is 509 g/mol. The van der Waals surface area contributed by atoms with Crippen LogP contribution in [0.4, 0.5) is 0 Å². The molecule has 2 unspecified atom stereocenters. The van der Waals surface area contributed by atoms with Crippen molar-refractivity contribution >= 4 is 21.7 Å². The molecule has 2 saturated heterocycles. The molecule has 0 bridgehead atoms. The summed E-state index contributed by atoms with van der Waals surface area (Å²) in [5.41, 5.74) is 3.57. The van der Waals surface area contributed by atoms with Gasteiger partial charge in [0, 0.05) is 23.6 Å². The molecule has 2 aliphatic rings. The molecular formula is C32H36N4O2. The molecular weight excluding hydrogens is 472 g/mol. The molecule has 3 heterocycles. The Morgan fingerprint density at radius 1 is 1.00 bits per heavy atom. The van der Waals surface area contributed by atoms with Crippen LogP contribution in [0.3, 0.4) is 0 Å². The molecule has 0 N–H and O–H groups in total. The average Bonchev–Trinajstić information content (AvgIpc) is 3.61. The maximum atomic E-state index is 9.53. The Balaban J connectivity index is 1.30. The number of likely N-dealkylation sites (tertiary alicyclic amines) is 1. The predicted octanol–water partition coefficient (Wildman–Crippen LogP) is 6.93. The number of rotatable bonds is 7. The number of ether oxygens (including phenoxy) is 2. The van der Waals surface area contributed by atoms with Gasteiger partial charge in [-0.3, -0.25) is 4.90 Å². The maximum Gasteiger partial charge on any atom is 0.150 e. The molecule has 4 aromatic rings. The quantitative estimate of drug-likeness (QED) is 0.271. The highest BCUT2D eigenvalue weighted by Crippen LogP contribution is 2.35. The third kappa shape index (κ3) is 4.89. The molecule has 6 rings (SSSR count). The van der Waals surface area contributed by atoms with E-state index in [0.29, 0.717) is 17.5 Å². The van der Waals surface area contributed by atoms with Gasteiger partial charge in [0.15, 0.2) is 6.23 Å². The Hall–Kier alpha value is -3.40. The molecule has 3 aromatic carbocycles. The van der Waals surface area contributed by atoms with Crippen LogP contribution in [0.5, 0.6) is 5.75 Å². The molecule has 2 atom stereocenters. The first-order valence-corrected chi connectivity index (χ1v) is 14.1. The molecule has 0 aliphatic carbocycles. The van der Waals surface area contributed by atoms with E-state index in [4.69, 9.17) is 14.6 Å². The summed E-state index contributed by atoms with van der Waals surface area (Å²) < 4.78 is 14.4. The third-order valence-corrected chi connectivity index (χ3v) is 8.15. The van der Waals surface area contributed by atoms with Crippen LogP contribution >= 0.6 is 0 Å². The van der Waals surface area contributed by atoms with Crippen molar-refractivity contribution in [3.8, 4) is 23.1 Å². The molecule has 6 heteroatoms. The minimum Gasteiger partial charge on any atom is -0.492 e. The fourth-order valence-corrected chi connectivity index (χ4v) is 6.00. The lowest BCUT2D eigenvalue weighted by atomic mass is 10.0. The molecule has 0 saturated carbocycles. The van der Waals surface area contributed by atoms with E-state index in [1.807, 2.05) is 22.9 Å². The van der Waals surface area contributed by atoms with Crippen LogP contribution < -0.4 is 4.74 Å². The largest absolute Gasteiger partial charge is 0.492 e. The number of benzene rings is 3. The fourth-order valence-electron chi connectivity index (χ4n) is 6.00. The zero-order chi connectivity index (χ0) is 26.1. The van der Waals surface area contributed by atoms with Gasteiger partial charge < -0.3 is 9.47 Å². The van der Waals surface area contributed by atoms with E-state index in [-0.39, 0.29) is 6.23 Å². The van der Waals surface area contributed by atoms with Crippen molar-refractivity contribution in [1.82, 2.24) is 14.7 Å². The van der Waals surface area contributed by atoms with E-state index in [1.54, 1.807) is 0 Å². The van der Waals surface area contributed by atoms with E-state index in [1.165, 1.54) is 25.9 Å². The number of nitrogens with zero attached hydrogens (tertiary/aromatic N) is 4. The van der Waals surface area contributed by atoms with Gasteiger partial charge in [0.1, 0.15) is 18.1 Å². The lowest BCUT2D eigenvalue weighted by Gasteiger charge is -2.30. The van der Waals surface area contributed by atoms with Crippen molar-refractivity contribution in [3.05, 3.63) is 60.2 Å². The number of fused-ring (bicyclic) bond motifs is 2. The Bertz CT molecular complexity index is 1470. The highest BCUT2D eigenvalue weighted by atomic mass is 16.5. The van der Waals surface area contributed by atoms with Gasteiger partial charge in [-0.1, -0.05) is 32.0 Å². The SMILES string of the molecule is CC(C)C(COc1ccc2cc(-c3nn(C4CCCCO4)c4ccc(C#N)cc34)ccc2c1)N1CCCC1. The Labute approximate surface area is 224 Å². The second kappa shape index (κ2) is 10.8. The summed E-state index contributed by atoms with van der Waals surface area (Å²) in [6.45, 7) is 8.42. The first-order valence-electron chi connectivity index (χ1n) is 14.1. The standard InChI is InChI=1S/C32H36N4O2/c1-22(2)30(35-14-4-5-15-35)21-38-27-12-11-24-18-26(10-9-25(24)19-27)32-28-17-23(20-33)8-13-29(28)36(34-32)31-7-3-6-16-37-31/h8-13,17-19,22,30-31H,3-7,14-16,21H2,1-2H3. The van der Waals surface area contributed by atoms with Gasteiger partial charge in [0.05, 0.1) is 17.1 Å². The van der Waals surface area contributed by atoms with Crippen molar-refractivity contribution < 1.29 is 9.47 Å². The summed E-state index contributed by atoms with van der Waals surface area (Å²) in [4.78, 5) is 2.58. The summed E-state index contributed by atoms with van der Waals surface area (Å²) in [7, 11) is 0. The lowest BCUT2D eigenvalue weighted by molar-refractivity contribution is -0.0365. The molecule has 0 spiro atoms. The third-order valence-electron chi connectivity index (χ3n) is 8.15. The minimum absolute atomic E-state index is 0.0664. The molecule has 38 heavy (non-hydrogen) atoms. The summed E-state index contributed by atoms with van der Waals surface area (Å²) >= 11 is 0. The molecule has 196 valence electrons. The maximum absolute atomic E-state index is 9.53. The normalized spacial score (nSPS) is 19.3. The Morgan fingerprint density at radius 2 is 1.82 bits per heavy atom. The van der Waals surface area contributed by atoms with E-state index < -0.39 is 0 Å². The van der Waals surface area contributed by atoms with Crippen molar-refractivity contribution in [2.24, 2.45) is 5.92 Å². The topological polar surface area (TPSA) is 63.3 Å². The molecule has 6 nitrogen and oxygen atoms in total. The number of nitriles is 1. The second-order valence-corrected chi connectivity index (χ2v) is 11.0. The Morgan fingerprint density at radius 3 is 2.58 bits per heavy atom. The summed E-state index contributed by atoms with van der Waals surface area (Å²) in [5.74, 6) is 1.48. The van der Waals surface area contributed by atoms with Crippen molar-refractivity contribution in [3.63, 3.8) is 0 Å². The van der Waals surface area contributed by atoms with Gasteiger partial charge in [-0.15, -0.1) is 0 Å². The highest BCUT2D eigenvalue weighted by Gasteiger charge is 2.25. The van der Waals surface area contributed by atoms with Crippen molar-refractivity contribution in [1.29, 1.82) is 5.26 Å². The van der Waals surface area contributed by atoms with Gasteiger partial charge in [0.25, 0.3) is 0 Å². The highest BCUT2D eigenvalue weighted by molar-refractivity contribution is 5.97.